The minimum absolute atomic E-state index is 0.167. The number of aromatic nitrogens is 2. The molecule has 2 heterocycles. The summed E-state index contributed by atoms with van der Waals surface area (Å²) >= 11 is 1.27. The first-order valence-corrected chi connectivity index (χ1v) is 7.04. The lowest BCUT2D eigenvalue weighted by Crippen LogP contribution is -2.02. The van der Waals surface area contributed by atoms with Gasteiger partial charge in [0.15, 0.2) is 0 Å². The molecule has 0 saturated heterocycles. The molecule has 0 aliphatic heterocycles. The van der Waals surface area contributed by atoms with Crippen LogP contribution in [0.2, 0.25) is 0 Å². The average Bonchev–Trinajstić information content (AvgIpc) is 2.90. The van der Waals surface area contributed by atoms with Gasteiger partial charge in [0.2, 0.25) is 5.78 Å². The fraction of sp³-hybridized carbons (Fsp3) is 0. The highest BCUT2D eigenvalue weighted by atomic mass is 32.1. The van der Waals surface area contributed by atoms with Crippen LogP contribution in [0, 0.1) is 0 Å². The van der Waals surface area contributed by atoms with Gasteiger partial charge in [-0.3, -0.25) is 9.78 Å². The molecule has 3 rings (SSSR count). The van der Waals surface area contributed by atoms with Gasteiger partial charge in [-0.2, -0.15) is 0 Å². The number of nitrogen functional groups attached to an aromatic ring is 2. The van der Waals surface area contributed by atoms with E-state index in [2.05, 4.69) is 9.97 Å². The molecular formula is C15H12N4OS. The lowest BCUT2D eigenvalue weighted by atomic mass is 10.1. The van der Waals surface area contributed by atoms with E-state index in [1.54, 1.807) is 30.5 Å². The minimum Gasteiger partial charge on any atom is -0.399 e. The van der Waals surface area contributed by atoms with Gasteiger partial charge in [0.25, 0.3) is 0 Å². The molecular weight excluding hydrogens is 284 g/mol. The summed E-state index contributed by atoms with van der Waals surface area (Å²) in [6, 6.07) is 10.7. The quantitative estimate of drug-likeness (QED) is 0.572. The van der Waals surface area contributed by atoms with Crippen LogP contribution in [0.25, 0.3) is 10.6 Å². The Morgan fingerprint density at radius 1 is 1.10 bits per heavy atom. The standard InChI is InChI=1S/C15H12N4OS/c16-11-5-3-9(4-6-11)15-19-14(17)13(21-15)12(20)10-2-1-7-18-8-10/h1-8H,16-17H2. The number of hydrogen-bond donors (Lipinski definition) is 2. The summed E-state index contributed by atoms with van der Waals surface area (Å²) in [6.07, 6.45) is 3.14. The SMILES string of the molecule is Nc1ccc(-c2nc(N)c(C(=O)c3cccnc3)s2)cc1. The van der Waals surface area contributed by atoms with Crippen LogP contribution in [0.4, 0.5) is 11.5 Å². The smallest absolute Gasteiger partial charge is 0.208 e. The van der Waals surface area contributed by atoms with Gasteiger partial charge < -0.3 is 11.5 Å². The third-order valence-electron chi connectivity index (χ3n) is 2.94. The Morgan fingerprint density at radius 3 is 2.52 bits per heavy atom. The maximum absolute atomic E-state index is 12.4. The summed E-state index contributed by atoms with van der Waals surface area (Å²) in [7, 11) is 0. The van der Waals surface area contributed by atoms with Crippen molar-refractivity contribution in [3.05, 3.63) is 59.2 Å². The summed E-state index contributed by atoms with van der Waals surface area (Å²) in [5, 5.41) is 0.694. The Kier molecular flexibility index (Phi) is 3.37. The lowest BCUT2D eigenvalue weighted by Gasteiger charge is -1.97. The summed E-state index contributed by atoms with van der Waals surface area (Å²) < 4.78 is 0. The topological polar surface area (TPSA) is 94.9 Å². The Bertz CT molecular complexity index is 781. The molecule has 5 nitrogen and oxygen atoms in total. The maximum atomic E-state index is 12.4. The van der Waals surface area contributed by atoms with Crippen molar-refractivity contribution in [1.82, 2.24) is 9.97 Å². The molecule has 4 N–H and O–H groups in total. The lowest BCUT2D eigenvalue weighted by molar-refractivity contribution is 0.104. The van der Waals surface area contributed by atoms with E-state index < -0.39 is 0 Å². The minimum atomic E-state index is -0.167. The molecule has 0 bridgehead atoms. The maximum Gasteiger partial charge on any atom is 0.208 e. The van der Waals surface area contributed by atoms with Crippen LogP contribution < -0.4 is 11.5 Å². The van der Waals surface area contributed by atoms with Gasteiger partial charge in [0.1, 0.15) is 15.7 Å². The van der Waals surface area contributed by atoms with E-state index in [1.165, 1.54) is 17.5 Å². The molecule has 3 aromatic rings. The van der Waals surface area contributed by atoms with Crippen molar-refractivity contribution in [3.63, 3.8) is 0 Å². The number of benzene rings is 1. The third kappa shape index (κ3) is 2.61. The monoisotopic (exact) mass is 296 g/mol. The number of anilines is 2. The van der Waals surface area contributed by atoms with E-state index in [0.29, 0.717) is 21.1 Å². The number of hydrogen-bond acceptors (Lipinski definition) is 6. The number of nitrogens with zero attached hydrogens (tertiary/aromatic N) is 2. The van der Waals surface area contributed by atoms with Crippen LogP contribution >= 0.6 is 11.3 Å². The fourth-order valence-corrected chi connectivity index (χ4v) is 2.82. The number of carbonyl (C=O) groups excluding carboxylic acids is 1. The molecule has 0 aliphatic rings. The molecule has 0 saturated carbocycles. The zero-order valence-electron chi connectivity index (χ0n) is 11.0. The van der Waals surface area contributed by atoms with Crippen LogP contribution in [0.15, 0.2) is 48.8 Å². The van der Waals surface area contributed by atoms with Crippen molar-refractivity contribution in [2.75, 3.05) is 11.5 Å². The predicted molar refractivity (Wildman–Crippen MR) is 84.0 cm³/mol. The van der Waals surface area contributed by atoms with Gasteiger partial charge in [-0.25, -0.2) is 4.98 Å². The second kappa shape index (κ2) is 5.34. The number of pyridine rings is 1. The molecule has 6 heteroatoms. The van der Waals surface area contributed by atoms with Gasteiger partial charge >= 0.3 is 0 Å². The second-order valence-electron chi connectivity index (χ2n) is 4.43. The van der Waals surface area contributed by atoms with E-state index in [0.717, 1.165) is 5.56 Å². The molecule has 0 amide bonds. The molecule has 0 spiro atoms. The van der Waals surface area contributed by atoms with Crippen molar-refractivity contribution >= 4 is 28.6 Å². The van der Waals surface area contributed by atoms with Crippen molar-refractivity contribution < 1.29 is 4.79 Å². The summed E-state index contributed by atoms with van der Waals surface area (Å²) in [4.78, 5) is 21.0. The number of nitrogens with two attached hydrogens (primary N) is 2. The highest BCUT2D eigenvalue weighted by Gasteiger charge is 2.18. The highest BCUT2D eigenvalue weighted by Crippen LogP contribution is 2.31. The highest BCUT2D eigenvalue weighted by molar-refractivity contribution is 7.17. The van der Waals surface area contributed by atoms with Crippen LogP contribution in [0.1, 0.15) is 15.2 Å². The molecule has 0 atom stereocenters. The van der Waals surface area contributed by atoms with E-state index in [9.17, 15) is 4.79 Å². The molecule has 0 fully saturated rings. The van der Waals surface area contributed by atoms with Gasteiger partial charge in [-0.05, 0) is 36.4 Å². The zero-order chi connectivity index (χ0) is 14.8. The summed E-state index contributed by atoms with van der Waals surface area (Å²) in [5.41, 5.74) is 13.6. The number of ketones is 1. The largest absolute Gasteiger partial charge is 0.399 e. The van der Waals surface area contributed by atoms with Crippen LogP contribution in [-0.4, -0.2) is 15.8 Å². The zero-order valence-corrected chi connectivity index (χ0v) is 11.8. The number of thiazole rings is 1. The molecule has 1 aromatic carbocycles. The fourth-order valence-electron chi connectivity index (χ4n) is 1.87. The summed E-state index contributed by atoms with van der Waals surface area (Å²) in [5.74, 6) is 0.0699. The summed E-state index contributed by atoms with van der Waals surface area (Å²) in [6.45, 7) is 0. The van der Waals surface area contributed by atoms with Crippen molar-refractivity contribution in [2.24, 2.45) is 0 Å². The van der Waals surface area contributed by atoms with E-state index in [4.69, 9.17) is 11.5 Å². The van der Waals surface area contributed by atoms with Crippen LogP contribution in [0.5, 0.6) is 0 Å². The van der Waals surface area contributed by atoms with Gasteiger partial charge in [-0.1, -0.05) is 0 Å². The van der Waals surface area contributed by atoms with E-state index in [-0.39, 0.29) is 11.6 Å². The van der Waals surface area contributed by atoms with Gasteiger partial charge in [-0.15, -0.1) is 11.3 Å². The normalized spacial score (nSPS) is 10.5. The first-order valence-electron chi connectivity index (χ1n) is 6.22. The Balaban J connectivity index is 1.98. The van der Waals surface area contributed by atoms with E-state index >= 15 is 0 Å². The van der Waals surface area contributed by atoms with Crippen LogP contribution in [-0.2, 0) is 0 Å². The molecule has 104 valence electrons. The Labute approximate surface area is 125 Å². The molecule has 0 radical (unpaired) electrons. The predicted octanol–water partition coefficient (Wildman–Crippen LogP) is 2.60. The van der Waals surface area contributed by atoms with Crippen molar-refractivity contribution in [1.29, 1.82) is 0 Å². The number of carbonyl (C=O) groups is 1. The average molecular weight is 296 g/mol. The molecule has 0 unspecified atom stereocenters. The Hall–Kier alpha value is -2.73. The van der Waals surface area contributed by atoms with Crippen molar-refractivity contribution in [2.45, 2.75) is 0 Å². The van der Waals surface area contributed by atoms with Gasteiger partial charge in [0.05, 0.1) is 0 Å². The first kappa shape index (κ1) is 13.3. The number of rotatable bonds is 3. The first-order chi connectivity index (χ1) is 10.1. The van der Waals surface area contributed by atoms with E-state index in [1.807, 2.05) is 12.1 Å². The molecule has 21 heavy (non-hydrogen) atoms. The van der Waals surface area contributed by atoms with Crippen LogP contribution in [0.3, 0.4) is 0 Å². The third-order valence-corrected chi connectivity index (χ3v) is 4.06. The van der Waals surface area contributed by atoms with Gasteiger partial charge in [0, 0.05) is 29.2 Å². The second-order valence-corrected chi connectivity index (χ2v) is 5.43. The Morgan fingerprint density at radius 2 is 1.86 bits per heavy atom. The van der Waals surface area contributed by atoms with Crippen molar-refractivity contribution in [3.8, 4) is 10.6 Å². The molecule has 2 aromatic heterocycles. The molecule has 0 aliphatic carbocycles.